The highest BCUT2D eigenvalue weighted by Gasteiger charge is 2.09. The number of carbonyl (C=O) groups excluding carboxylic acids is 1. The van der Waals surface area contributed by atoms with E-state index in [1.165, 1.54) is 0 Å². The number of rotatable bonds is 4. The molecule has 1 amide bonds. The average Bonchev–Trinajstić information content (AvgIpc) is 3.30. The van der Waals surface area contributed by atoms with E-state index >= 15 is 0 Å². The van der Waals surface area contributed by atoms with E-state index in [-0.39, 0.29) is 5.91 Å². The molecular formula is C18H15N5O. The Morgan fingerprint density at radius 1 is 1.08 bits per heavy atom. The number of imidazole rings is 2. The fourth-order valence-corrected chi connectivity index (χ4v) is 2.65. The number of nitrogens with zero attached hydrogens (tertiary/aromatic N) is 4. The molecule has 0 spiro atoms. The van der Waals surface area contributed by atoms with Gasteiger partial charge in [-0.05, 0) is 23.8 Å². The van der Waals surface area contributed by atoms with Crippen molar-refractivity contribution in [1.29, 1.82) is 0 Å². The molecule has 3 heterocycles. The van der Waals surface area contributed by atoms with Crippen LogP contribution < -0.4 is 5.32 Å². The lowest BCUT2D eigenvalue weighted by molar-refractivity contribution is 0.0950. The molecule has 118 valence electrons. The van der Waals surface area contributed by atoms with E-state index in [2.05, 4.69) is 15.3 Å². The highest BCUT2D eigenvalue weighted by atomic mass is 16.1. The number of pyridine rings is 1. The van der Waals surface area contributed by atoms with Crippen LogP contribution in [0.4, 0.5) is 0 Å². The van der Waals surface area contributed by atoms with Crippen LogP contribution in [0.25, 0.3) is 11.3 Å². The summed E-state index contributed by atoms with van der Waals surface area (Å²) in [6, 6.07) is 11.5. The number of nitrogens with one attached hydrogen (secondary N) is 1. The summed E-state index contributed by atoms with van der Waals surface area (Å²) in [7, 11) is 0. The Balaban J connectivity index is 1.53. The summed E-state index contributed by atoms with van der Waals surface area (Å²) in [6.07, 6.45) is 10.7. The van der Waals surface area contributed by atoms with E-state index in [1.807, 2.05) is 51.7 Å². The molecule has 1 aromatic carbocycles. The van der Waals surface area contributed by atoms with Gasteiger partial charge >= 0.3 is 0 Å². The molecule has 0 unspecified atom stereocenters. The zero-order valence-corrected chi connectivity index (χ0v) is 12.8. The first-order valence-electron chi connectivity index (χ1n) is 7.58. The Labute approximate surface area is 138 Å². The van der Waals surface area contributed by atoms with E-state index in [0.29, 0.717) is 12.1 Å². The van der Waals surface area contributed by atoms with Crippen LogP contribution in [-0.4, -0.2) is 24.8 Å². The van der Waals surface area contributed by atoms with Gasteiger partial charge in [-0.2, -0.15) is 0 Å². The molecule has 6 nitrogen and oxygen atoms in total. The first-order chi connectivity index (χ1) is 11.8. The Kier molecular flexibility index (Phi) is 3.55. The molecule has 4 rings (SSSR count). The summed E-state index contributed by atoms with van der Waals surface area (Å²) in [5.74, 6) is -0.119. The predicted molar refractivity (Wildman–Crippen MR) is 89.9 cm³/mol. The monoisotopic (exact) mass is 317 g/mol. The van der Waals surface area contributed by atoms with Crippen molar-refractivity contribution in [2.75, 3.05) is 0 Å². The lowest BCUT2D eigenvalue weighted by Gasteiger charge is -2.11. The summed E-state index contributed by atoms with van der Waals surface area (Å²) in [5, 5.41) is 2.97. The van der Waals surface area contributed by atoms with E-state index in [1.54, 1.807) is 31.0 Å². The molecule has 1 N–H and O–H groups in total. The highest BCUT2D eigenvalue weighted by Crippen LogP contribution is 2.14. The second kappa shape index (κ2) is 6.00. The van der Waals surface area contributed by atoms with E-state index in [4.69, 9.17) is 0 Å². The molecule has 0 saturated heterocycles. The topological polar surface area (TPSA) is 64.2 Å². The van der Waals surface area contributed by atoms with Gasteiger partial charge in [0.2, 0.25) is 0 Å². The van der Waals surface area contributed by atoms with Gasteiger partial charge in [-0.3, -0.25) is 4.79 Å². The minimum absolute atomic E-state index is 0.119. The van der Waals surface area contributed by atoms with Crippen molar-refractivity contribution >= 4 is 11.6 Å². The van der Waals surface area contributed by atoms with Crippen LogP contribution in [0, 0.1) is 0 Å². The molecule has 0 atom stereocenters. The van der Waals surface area contributed by atoms with Gasteiger partial charge < -0.3 is 14.3 Å². The maximum absolute atomic E-state index is 12.4. The summed E-state index contributed by atoms with van der Waals surface area (Å²) in [6.45, 7) is 0.440. The lowest BCUT2D eigenvalue weighted by Crippen LogP contribution is -2.23. The number of benzene rings is 1. The quantitative estimate of drug-likeness (QED) is 0.629. The molecule has 0 aliphatic carbocycles. The molecule has 24 heavy (non-hydrogen) atoms. The lowest BCUT2D eigenvalue weighted by atomic mass is 10.1. The zero-order valence-electron chi connectivity index (χ0n) is 12.8. The molecular weight excluding hydrogens is 302 g/mol. The second-order valence-corrected chi connectivity index (χ2v) is 5.39. The van der Waals surface area contributed by atoms with Crippen molar-refractivity contribution in [2.45, 2.75) is 6.54 Å². The fraction of sp³-hybridized carbons (Fsp3) is 0.0556. The Morgan fingerprint density at radius 3 is 2.88 bits per heavy atom. The second-order valence-electron chi connectivity index (χ2n) is 5.39. The van der Waals surface area contributed by atoms with E-state index in [9.17, 15) is 4.79 Å². The van der Waals surface area contributed by atoms with Gasteiger partial charge in [0, 0.05) is 37.5 Å². The maximum atomic E-state index is 12.4. The van der Waals surface area contributed by atoms with Gasteiger partial charge in [-0.1, -0.05) is 18.2 Å². The average molecular weight is 317 g/mol. The van der Waals surface area contributed by atoms with Crippen molar-refractivity contribution in [1.82, 2.24) is 24.3 Å². The SMILES string of the molecule is O=C(NCc1ccccc1-n1ccnc1)c1ccc2nccn2c1. The van der Waals surface area contributed by atoms with Gasteiger partial charge in [-0.15, -0.1) is 0 Å². The Morgan fingerprint density at radius 2 is 2.00 bits per heavy atom. The van der Waals surface area contributed by atoms with E-state index < -0.39 is 0 Å². The first-order valence-corrected chi connectivity index (χ1v) is 7.58. The van der Waals surface area contributed by atoms with Crippen molar-refractivity contribution < 1.29 is 4.79 Å². The summed E-state index contributed by atoms with van der Waals surface area (Å²) < 4.78 is 3.76. The number of amides is 1. The number of para-hydroxylation sites is 1. The molecule has 0 aliphatic rings. The molecule has 0 fully saturated rings. The standard InChI is InChI=1S/C18H15N5O/c24-18(15-5-6-17-20-8-10-22(17)12-15)21-11-14-3-1-2-4-16(14)23-9-7-19-13-23/h1-10,12-13H,11H2,(H,21,24). The molecule has 0 aliphatic heterocycles. The minimum atomic E-state index is -0.119. The van der Waals surface area contributed by atoms with Gasteiger partial charge in [0.25, 0.3) is 5.91 Å². The molecule has 0 radical (unpaired) electrons. The number of aromatic nitrogens is 4. The number of hydrogen-bond donors (Lipinski definition) is 1. The molecule has 0 saturated carbocycles. The number of carbonyl (C=O) groups is 1. The van der Waals surface area contributed by atoms with Crippen LogP contribution >= 0.6 is 0 Å². The third kappa shape index (κ3) is 2.65. The van der Waals surface area contributed by atoms with Gasteiger partial charge in [0.15, 0.2) is 0 Å². The number of hydrogen-bond acceptors (Lipinski definition) is 3. The van der Waals surface area contributed by atoms with Crippen molar-refractivity contribution in [2.24, 2.45) is 0 Å². The van der Waals surface area contributed by atoms with Crippen molar-refractivity contribution in [3.63, 3.8) is 0 Å². The fourth-order valence-electron chi connectivity index (χ4n) is 2.65. The van der Waals surface area contributed by atoms with Crippen molar-refractivity contribution in [3.8, 4) is 5.69 Å². The minimum Gasteiger partial charge on any atom is -0.348 e. The highest BCUT2D eigenvalue weighted by molar-refractivity contribution is 5.94. The van der Waals surface area contributed by atoms with Crippen LogP contribution in [0.15, 0.2) is 73.7 Å². The third-order valence-corrected chi connectivity index (χ3v) is 3.86. The van der Waals surface area contributed by atoms with Crippen LogP contribution in [0.5, 0.6) is 0 Å². The third-order valence-electron chi connectivity index (χ3n) is 3.86. The summed E-state index contributed by atoms with van der Waals surface area (Å²) >= 11 is 0. The smallest absolute Gasteiger partial charge is 0.253 e. The molecule has 3 aromatic heterocycles. The molecule has 4 aromatic rings. The zero-order chi connectivity index (χ0) is 16.4. The van der Waals surface area contributed by atoms with Gasteiger partial charge in [-0.25, -0.2) is 9.97 Å². The van der Waals surface area contributed by atoms with Gasteiger partial charge in [0.05, 0.1) is 17.6 Å². The van der Waals surface area contributed by atoms with Crippen molar-refractivity contribution in [3.05, 3.63) is 84.8 Å². The van der Waals surface area contributed by atoms with Gasteiger partial charge in [0.1, 0.15) is 5.65 Å². The van der Waals surface area contributed by atoms with Crippen LogP contribution in [0.3, 0.4) is 0 Å². The number of fused-ring (bicyclic) bond motifs is 1. The van der Waals surface area contributed by atoms with Crippen LogP contribution in [-0.2, 0) is 6.54 Å². The van der Waals surface area contributed by atoms with Crippen LogP contribution in [0.2, 0.25) is 0 Å². The summed E-state index contributed by atoms with van der Waals surface area (Å²) in [5.41, 5.74) is 3.44. The Bertz CT molecular complexity index is 988. The summed E-state index contributed by atoms with van der Waals surface area (Å²) in [4.78, 5) is 20.7. The first kappa shape index (κ1) is 14.2. The largest absolute Gasteiger partial charge is 0.348 e. The maximum Gasteiger partial charge on any atom is 0.253 e. The molecule has 6 heteroatoms. The molecule has 0 bridgehead atoms. The van der Waals surface area contributed by atoms with E-state index in [0.717, 1.165) is 16.9 Å². The van der Waals surface area contributed by atoms with Crippen LogP contribution in [0.1, 0.15) is 15.9 Å². The predicted octanol–water partition coefficient (Wildman–Crippen LogP) is 2.45. The normalized spacial score (nSPS) is 10.8. The Hall–Kier alpha value is -3.41.